The molecule has 2 heterocycles. The summed E-state index contributed by atoms with van der Waals surface area (Å²) >= 11 is 6.12. The number of imidazole rings is 1. The molecule has 0 spiro atoms. The third-order valence-corrected chi connectivity index (χ3v) is 5.13. The molecule has 2 aromatic carbocycles. The number of rotatable bonds is 4. The van der Waals surface area contributed by atoms with Crippen molar-refractivity contribution in [3.63, 3.8) is 0 Å². The van der Waals surface area contributed by atoms with E-state index in [-0.39, 0.29) is 12.1 Å². The minimum Gasteiger partial charge on any atom is -0.391 e. The highest BCUT2D eigenvalue weighted by molar-refractivity contribution is 6.30. The summed E-state index contributed by atoms with van der Waals surface area (Å²) in [4.78, 5) is 4.49. The Balaban J connectivity index is 1.57. The van der Waals surface area contributed by atoms with E-state index in [0.29, 0.717) is 0 Å². The zero-order valence-corrected chi connectivity index (χ0v) is 15.2. The second-order valence-electron chi connectivity index (χ2n) is 6.73. The van der Waals surface area contributed by atoms with Gasteiger partial charge in [-0.1, -0.05) is 42.0 Å². The second-order valence-corrected chi connectivity index (χ2v) is 7.16. The van der Waals surface area contributed by atoms with E-state index in [1.807, 2.05) is 30.6 Å². The predicted octanol–water partition coefficient (Wildman–Crippen LogP) is 4.03. The van der Waals surface area contributed by atoms with Crippen LogP contribution >= 0.6 is 11.6 Å². The Hall–Kier alpha value is -2.14. The molecule has 3 aromatic rings. The van der Waals surface area contributed by atoms with E-state index in [1.165, 1.54) is 0 Å². The third-order valence-electron chi connectivity index (χ3n) is 4.90. The average Bonchev–Trinajstić information content (AvgIpc) is 3.06. The van der Waals surface area contributed by atoms with Crippen LogP contribution in [0.25, 0.3) is 22.2 Å². The zero-order chi connectivity index (χ0) is 17.9. The number of nitrogens with one attached hydrogen (secondary N) is 1. The second kappa shape index (κ2) is 7.62. The van der Waals surface area contributed by atoms with Crippen molar-refractivity contribution >= 4 is 22.6 Å². The van der Waals surface area contributed by atoms with Gasteiger partial charge in [0.05, 0.1) is 29.5 Å². The number of aliphatic hydroxyl groups excluding tert-OH is 1. The van der Waals surface area contributed by atoms with Gasteiger partial charge in [-0.25, -0.2) is 4.98 Å². The van der Waals surface area contributed by atoms with E-state index in [4.69, 9.17) is 11.6 Å². The van der Waals surface area contributed by atoms with Crippen LogP contribution in [0.3, 0.4) is 0 Å². The predicted molar refractivity (Wildman–Crippen MR) is 106 cm³/mol. The molecule has 4 nitrogen and oxygen atoms in total. The molecule has 5 heteroatoms. The highest BCUT2D eigenvalue weighted by Gasteiger charge is 2.19. The minimum atomic E-state index is -0.297. The van der Waals surface area contributed by atoms with Crippen molar-refractivity contribution in [2.45, 2.75) is 31.5 Å². The molecule has 1 fully saturated rings. The first kappa shape index (κ1) is 17.3. The molecule has 2 atom stereocenters. The van der Waals surface area contributed by atoms with Crippen LogP contribution in [0.1, 0.15) is 12.8 Å². The fourth-order valence-electron chi connectivity index (χ4n) is 3.46. The quantitative estimate of drug-likeness (QED) is 0.684. The Morgan fingerprint density at radius 3 is 2.96 bits per heavy atom. The van der Waals surface area contributed by atoms with Crippen LogP contribution in [-0.4, -0.2) is 33.3 Å². The van der Waals surface area contributed by atoms with E-state index in [2.05, 4.69) is 45.2 Å². The van der Waals surface area contributed by atoms with E-state index in [0.717, 1.165) is 53.1 Å². The van der Waals surface area contributed by atoms with Crippen LogP contribution in [0.5, 0.6) is 0 Å². The van der Waals surface area contributed by atoms with Gasteiger partial charge in [0.1, 0.15) is 0 Å². The van der Waals surface area contributed by atoms with Gasteiger partial charge in [-0.2, -0.15) is 0 Å². The normalized spacial score (nSPS) is 20.8. The van der Waals surface area contributed by atoms with Crippen molar-refractivity contribution in [1.82, 2.24) is 14.9 Å². The van der Waals surface area contributed by atoms with Crippen molar-refractivity contribution in [1.29, 1.82) is 0 Å². The molecule has 0 amide bonds. The molecule has 1 aromatic heterocycles. The molecule has 0 unspecified atom stereocenters. The van der Waals surface area contributed by atoms with E-state index >= 15 is 0 Å². The standard InChI is InChI=1S/C21H22ClN3O/c22-17-5-1-4-15(12-17)16-8-9-18-20(13-16)25(14-24-18)11-3-6-19-21(26)7-2-10-23-19/h1,3-6,8-9,12-14,19,21,23,26H,2,7,10-11H2/b6-3+/t19-,21+/m1/s1. The Labute approximate surface area is 158 Å². The van der Waals surface area contributed by atoms with E-state index < -0.39 is 0 Å². The van der Waals surface area contributed by atoms with Crippen molar-refractivity contribution in [2.24, 2.45) is 0 Å². The maximum Gasteiger partial charge on any atom is 0.0961 e. The molecule has 134 valence electrons. The molecule has 1 aliphatic heterocycles. The van der Waals surface area contributed by atoms with Gasteiger partial charge >= 0.3 is 0 Å². The lowest BCUT2D eigenvalue weighted by Crippen LogP contribution is -2.43. The molecule has 26 heavy (non-hydrogen) atoms. The van der Waals surface area contributed by atoms with Gasteiger partial charge in [-0.3, -0.25) is 0 Å². The lowest BCUT2D eigenvalue weighted by Gasteiger charge is -2.26. The highest BCUT2D eigenvalue weighted by Crippen LogP contribution is 2.26. The monoisotopic (exact) mass is 367 g/mol. The first-order valence-corrected chi connectivity index (χ1v) is 9.37. The SMILES string of the molecule is O[C@H]1CCCN[C@@H]1/C=C/Cn1cnc2ccc(-c3cccc(Cl)c3)cc21. The number of aromatic nitrogens is 2. The summed E-state index contributed by atoms with van der Waals surface area (Å²) < 4.78 is 2.12. The summed E-state index contributed by atoms with van der Waals surface area (Å²) in [5.41, 5.74) is 4.27. The lowest BCUT2D eigenvalue weighted by molar-refractivity contribution is 0.115. The van der Waals surface area contributed by atoms with Gasteiger partial charge in [-0.05, 0) is 54.8 Å². The summed E-state index contributed by atoms with van der Waals surface area (Å²) in [7, 11) is 0. The maximum absolute atomic E-state index is 10.0. The molecule has 2 N–H and O–H groups in total. The number of hydrogen-bond acceptors (Lipinski definition) is 3. The van der Waals surface area contributed by atoms with Gasteiger partial charge in [-0.15, -0.1) is 0 Å². The Kier molecular flexibility index (Phi) is 5.07. The Bertz CT molecular complexity index is 934. The molecule has 0 saturated carbocycles. The number of nitrogens with zero attached hydrogens (tertiary/aromatic N) is 2. The molecule has 1 saturated heterocycles. The Morgan fingerprint density at radius 1 is 1.23 bits per heavy atom. The molecular weight excluding hydrogens is 346 g/mol. The van der Waals surface area contributed by atoms with Crippen molar-refractivity contribution < 1.29 is 5.11 Å². The van der Waals surface area contributed by atoms with Crippen molar-refractivity contribution in [3.8, 4) is 11.1 Å². The molecule has 4 rings (SSSR count). The number of allylic oxidation sites excluding steroid dienone is 1. The van der Waals surface area contributed by atoms with Crippen LogP contribution in [0, 0.1) is 0 Å². The number of aliphatic hydroxyl groups is 1. The summed E-state index contributed by atoms with van der Waals surface area (Å²) in [5, 5.41) is 14.1. The van der Waals surface area contributed by atoms with Crippen LogP contribution in [-0.2, 0) is 6.54 Å². The summed E-state index contributed by atoms with van der Waals surface area (Å²) in [6.45, 7) is 1.68. The number of fused-ring (bicyclic) bond motifs is 1. The van der Waals surface area contributed by atoms with Gasteiger partial charge < -0.3 is 15.0 Å². The zero-order valence-electron chi connectivity index (χ0n) is 14.5. The summed E-state index contributed by atoms with van der Waals surface area (Å²) in [5.74, 6) is 0. The third kappa shape index (κ3) is 3.68. The molecular formula is C21H22ClN3O. The topological polar surface area (TPSA) is 50.1 Å². The summed E-state index contributed by atoms with van der Waals surface area (Å²) in [6, 6.07) is 14.2. The number of benzene rings is 2. The van der Waals surface area contributed by atoms with Gasteiger partial charge in [0.15, 0.2) is 0 Å². The molecule has 0 aliphatic carbocycles. The molecule has 0 radical (unpaired) electrons. The largest absolute Gasteiger partial charge is 0.391 e. The van der Waals surface area contributed by atoms with Gasteiger partial charge in [0.25, 0.3) is 0 Å². The first-order valence-electron chi connectivity index (χ1n) is 9.00. The molecule has 0 bridgehead atoms. The van der Waals surface area contributed by atoms with Gasteiger partial charge in [0, 0.05) is 11.6 Å². The summed E-state index contributed by atoms with van der Waals surface area (Å²) in [6.07, 6.45) is 7.62. The van der Waals surface area contributed by atoms with Crippen LogP contribution in [0.2, 0.25) is 5.02 Å². The first-order chi connectivity index (χ1) is 12.7. The van der Waals surface area contributed by atoms with Crippen LogP contribution in [0.4, 0.5) is 0 Å². The number of halogens is 1. The smallest absolute Gasteiger partial charge is 0.0961 e. The van der Waals surface area contributed by atoms with E-state index in [1.54, 1.807) is 0 Å². The number of piperidine rings is 1. The van der Waals surface area contributed by atoms with Gasteiger partial charge in [0.2, 0.25) is 0 Å². The van der Waals surface area contributed by atoms with Crippen LogP contribution < -0.4 is 5.32 Å². The maximum atomic E-state index is 10.0. The molecule has 1 aliphatic rings. The number of hydrogen-bond donors (Lipinski definition) is 2. The van der Waals surface area contributed by atoms with Crippen LogP contribution in [0.15, 0.2) is 60.9 Å². The lowest BCUT2D eigenvalue weighted by atomic mass is 10.0. The fraction of sp³-hybridized carbons (Fsp3) is 0.286. The average molecular weight is 368 g/mol. The van der Waals surface area contributed by atoms with Crippen molar-refractivity contribution in [3.05, 3.63) is 66.0 Å². The Morgan fingerprint density at radius 2 is 2.12 bits per heavy atom. The van der Waals surface area contributed by atoms with Crippen molar-refractivity contribution in [2.75, 3.05) is 6.54 Å². The van der Waals surface area contributed by atoms with E-state index in [9.17, 15) is 5.11 Å². The fourth-order valence-corrected chi connectivity index (χ4v) is 3.65. The minimum absolute atomic E-state index is 0.0422. The highest BCUT2D eigenvalue weighted by atomic mass is 35.5.